The first-order valence-corrected chi connectivity index (χ1v) is 8.01. The maximum atomic E-state index is 12.0. The van der Waals surface area contributed by atoms with Gasteiger partial charge in [-0.05, 0) is 35.9 Å². The number of rotatable bonds is 7. The Hall–Kier alpha value is -2.01. The van der Waals surface area contributed by atoms with Gasteiger partial charge >= 0.3 is 5.97 Å². The monoisotopic (exact) mass is 336 g/mol. The summed E-state index contributed by atoms with van der Waals surface area (Å²) < 4.78 is 1.94. The van der Waals surface area contributed by atoms with E-state index in [4.69, 9.17) is 16.7 Å². The van der Waals surface area contributed by atoms with Gasteiger partial charge in [-0.1, -0.05) is 31.5 Å². The van der Waals surface area contributed by atoms with Crippen molar-refractivity contribution in [1.29, 1.82) is 0 Å². The molecule has 6 heteroatoms. The molecule has 2 N–H and O–H groups in total. The standard InChI is InChI=1S/C17H21ClN2O3/c1-11(2)9-14(17(22)23)19-16(21)6-8-20-7-5-12-3-4-13(18)10-15(12)20/h3-5,7,10-11,14H,6,8-9H2,1-2H3,(H,19,21)(H,22,23)/t14-/m1/s1. The SMILES string of the molecule is CC(C)C[C@@H](NC(=O)CCn1ccc2ccc(Cl)cc21)C(=O)O. The third-order valence-electron chi connectivity index (χ3n) is 3.66. The fourth-order valence-corrected chi connectivity index (χ4v) is 2.70. The fourth-order valence-electron chi connectivity index (χ4n) is 2.53. The van der Waals surface area contributed by atoms with E-state index in [0.29, 0.717) is 18.0 Å². The Morgan fingerprint density at radius 1 is 1.30 bits per heavy atom. The van der Waals surface area contributed by atoms with Crippen molar-refractivity contribution >= 4 is 34.4 Å². The van der Waals surface area contributed by atoms with Crippen LogP contribution in [0.1, 0.15) is 26.7 Å². The molecule has 0 unspecified atom stereocenters. The van der Waals surface area contributed by atoms with Crippen LogP contribution in [0.5, 0.6) is 0 Å². The highest BCUT2D eigenvalue weighted by Crippen LogP contribution is 2.20. The molecule has 0 aliphatic carbocycles. The number of aryl methyl sites for hydroxylation is 1. The second-order valence-corrected chi connectivity index (χ2v) is 6.49. The molecule has 0 saturated carbocycles. The zero-order valence-electron chi connectivity index (χ0n) is 13.3. The molecule has 1 amide bonds. The van der Waals surface area contributed by atoms with Crippen LogP contribution < -0.4 is 5.32 Å². The van der Waals surface area contributed by atoms with E-state index in [2.05, 4.69) is 5.32 Å². The van der Waals surface area contributed by atoms with Gasteiger partial charge in [0.05, 0.1) is 0 Å². The lowest BCUT2D eigenvalue weighted by atomic mass is 10.0. The van der Waals surface area contributed by atoms with Crippen LogP contribution in [0.25, 0.3) is 10.9 Å². The molecule has 0 aliphatic heterocycles. The number of carbonyl (C=O) groups is 2. The maximum absolute atomic E-state index is 12.0. The quantitative estimate of drug-likeness (QED) is 0.815. The minimum atomic E-state index is -0.995. The van der Waals surface area contributed by atoms with Crippen molar-refractivity contribution in [3.05, 3.63) is 35.5 Å². The van der Waals surface area contributed by atoms with E-state index in [1.54, 1.807) is 0 Å². The summed E-state index contributed by atoms with van der Waals surface area (Å²) in [5, 5.41) is 13.4. The van der Waals surface area contributed by atoms with Crippen LogP contribution in [0.2, 0.25) is 5.02 Å². The highest BCUT2D eigenvalue weighted by molar-refractivity contribution is 6.31. The van der Waals surface area contributed by atoms with Gasteiger partial charge in [0.2, 0.25) is 5.91 Å². The maximum Gasteiger partial charge on any atom is 0.326 e. The van der Waals surface area contributed by atoms with E-state index >= 15 is 0 Å². The van der Waals surface area contributed by atoms with E-state index in [-0.39, 0.29) is 18.2 Å². The molecule has 1 atom stereocenters. The van der Waals surface area contributed by atoms with Gasteiger partial charge in [-0.25, -0.2) is 4.79 Å². The molecule has 0 aliphatic rings. The first-order chi connectivity index (χ1) is 10.9. The summed E-state index contributed by atoms with van der Waals surface area (Å²) in [6.45, 7) is 4.33. The molecule has 0 fully saturated rings. The molecule has 2 rings (SSSR count). The minimum absolute atomic E-state index is 0.201. The van der Waals surface area contributed by atoms with Gasteiger partial charge in [0.25, 0.3) is 0 Å². The Balaban J connectivity index is 1.97. The van der Waals surface area contributed by atoms with Crippen LogP contribution in [-0.4, -0.2) is 27.6 Å². The number of carboxylic acids is 1. The van der Waals surface area contributed by atoms with Crippen molar-refractivity contribution in [3.63, 3.8) is 0 Å². The largest absolute Gasteiger partial charge is 0.480 e. The van der Waals surface area contributed by atoms with E-state index in [1.807, 2.05) is 48.9 Å². The molecule has 2 aromatic rings. The Bertz CT molecular complexity index is 709. The summed E-state index contributed by atoms with van der Waals surface area (Å²) in [7, 11) is 0. The van der Waals surface area contributed by atoms with E-state index in [9.17, 15) is 9.59 Å². The van der Waals surface area contributed by atoms with Crippen LogP contribution in [-0.2, 0) is 16.1 Å². The normalized spacial score (nSPS) is 12.5. The Morgan fingerprint density at radius 3 is 2.70 bits per heavy atom. The number of carbonyl (C=O) groups excluding carboxylic acids is 1. The second kappa shape index (κ2) is 7.51. The smallest absolute Gasteiger partial charge is 0.326 e. The summed E-state index contributed by atoms with van der Waals surface area (Å²) in [6, 6.07) is 6.73. The van der Waals surface area contributed by atoms with Gasteiger partial charge in [0.1, 0.15) is 6.04 Å². The van der Waals surface area contributed by atoms with Gasteiger partial charge in [-0.2, -0.15) is 0 Å². The fraction of sp³-hybridized carbons (Fsp3) is 0.412. The van der Waals surface area contributed by atoms with Crippen molar-refractivity contribution in [3.8, 4) is 0 Å². The van der Waals surface area contributed by atoms with Crippen molar-refractivity contribution in [2.24, 2.45) is 5.92 Å². The molecule has 0 spiro atoms. The molecule has 23 heavy (non-hydrogen) atoms. The summed E-state index contributed by atoms with van der Waals surface area (Å²) in [6.07, 6.45) is 2.54. The third kappa shape index (κ3) is 4.73. The second-order valence-electron chi connectivity index (χ2n) is 6.05. The van der Waals surface area contributed by atoms with Crippen molar-refractivity contribution in [2.75, 3.05) is 0 Å². The average molecular weight is 337 g/mol. The van der Waals surface area contributed by atoms with Gasteiger partial charge in [-0.3, -0.25) is 4.79 Å². The number of halogens is 1. The molecule has 0 radical (unpaired) electrons. The zero-order chi connectivity index (χ0) is 17.0. The van der Waals surface area contributed by atoms with Crippen molar-refractivity contribution in [1.82, 2.24) is 9.88 Å². The van der Waals surface area contributed by atoms with Gasteiger partial charge in [0, 0.05) is 29.7 Å². The molecule has 1 aromatic heterocycles. The lowest BCUT2D eigenvalue weighted by Crippen LogP contribution is -2.41. The number of hydrogen-bond donors (Lipinski definition) is 2. The summed E-state index contributed by atoms with van der Waals surface area (Å²) in [4.78, 5) is 23.2. The number of aromatic nitrogens is 1. The van der Waals surface area contributed by atoms with Crippen LogP contribution in [0.15, 0.2) is 30.5 Å². The Labute approximate surface area is 140 Å². The summed E-state index contributed by atoms with van der Waals surface area (Å²) in [5.74, 6) is -1.06. The lowest BCUT2D eigenvalue weighted by molar-refractivity contribution is -0.142. The molecule has 1 aromatic carbocycles. The van der Waals surface area contributed by atoms with Crippen LogP contribution in [0, 0.1) is 5.92 Å². The van der Waals surface area contributed by atoms with E-state index in [1.165, 1.54) is 0 Å². The molecule has 5 nitrogen and oxygen atoms in total. The molecular weight excluding hydrogens is 316 g/mol. The summed E-state index contributed by atoms with van der Waals surface area (Å²) >= 11 is 6.00. The zero-order valence-corrected chi connectivity index (χ0v) is 14.0. The van der Waals surface area contributed by atoms with Crippen LogP contribution in [0.4, 0.5) is 0 Å². The molecule has 0 bridgehead atoms. The van der Waals surface area contributed by atoms with E-state index in [0.717, 1.165) is 10.9 Å². The summed E-state index contributed by atoms with van der Waals surface area (Å²) in [5.41, 5.74) is 0.960. The number of nitrogens with zero attached hydrogens (tertiary/aromatic N) is 1. The van der Waals surface area contributed by atoms with Gasteiger partial charge < -0.3 is 15.0 Å². The number of nitrogens with one attached hydrogen (secondary N) is 1. The predicted molar refractivity (Wildman–Crippen MR) is 90.6 cm³/mol. The van der Waals surface area contributed by atoms with Gasteiger partial charge in [-0.15, -0.1) is 0 Å². The number of hydrogen-bond acceptors (Lipinski definition) is 2. The third-order valence-corrected chi connectivity index (χ3v) is 3.89. The first-order valence-electron chi connectivity index (χ1n) is 7.63. The minimum Gasteiger partial charge on any atom is -0.480 e. The topological polar surface area (TPSA) is 71.3 Å². The van der Waals surface area contributed by atoms with Crippen molar-refractivity contribution in [2.45, 2.75) is 39.3 Å². The average Bonchev–Trinajstić information content (AvgIpc) is 2.86. The van der Waals surface area contributed by atoms with Gasteiger partial charge in [0.15, 0.2) is 0 Å². The van der Waals surface area contributed by atoms with Crippen molar-refractivity contribution < 1.29 is 14.7 Å². The number of fused-ring (bicyclic) bond motifs is 1. The predicted octanol–water partition coefficient (Wildman–Crippen LogP) is 3.30. The van der Waals surface area contributed by atoms with E-state index < -0.39 is 12.0 Å². The first kappa shape index (κ1) is 17.3. The number of benzene rings is 1. The number of aliphatic carboxylic acids is 1. The number of carboxylic acid groups (broad SMARTS) is 1. The molecular formula is C17H21ClN2O3. The van der Waals surface area contributed by atoms with Crippen LogP contribution in [0.3, 0.4) is 0 Å². The Kier molecular flexibility index (Phi) is 5.66. The highest BCUT2D eigenvalue weighted by Gasteiger charge is 2.20. The molecule has 1 heterocycles. The van der Waals surface area contributed by atoms with Crippen LogP contribution >= 0.6 is 11.6 Å². The lowest BCUT2D eigenvalue weighted by Gasteiger charge is -2.16. The molecule has 0 saturated heterocycles. The molecule has 124 valence electrons. The highest BCUT2D eigenvalue weighted by atomic mass is 35.5. The Morgan fingerprint density at radius 2 is 2.04 bits per heavy atom. The number of amides is 1.